The molecule has 0 saturated carbocycles. The minimum absolute atomic E-state index is 0.813. The fraction of sp³-hybridized carbons (Fsp3) is 0.429. The number of nitrogens with zero attached hydrogens (tertiary/aromatic N) is 3. The van der Waals surface area contributed by atoms with Crippen molar-refractivity contribution in [1.82, 2.24) is 20.1 Å². The molecule has 0 radical (unpaired) electrons. The molecule has 1 heterocycles. The maximum atomic E-state index is 4.61. The van der Waals surface area contributed by atoms with Crippen molar-refractivity contribution in [3.8, 4) is 5.69 Å². The number of aryl methyl sites for hydroxylation is 2. The summed E-state index contributed by atoms with van der Waals surface area (Å²) < 4.78 is 3.02. The van der Waals surface area contributed by atoms with Crippen LogP contribution in [0.4, 0.5) is 0 Å². The number of aromatic nitrogens is 3. The molecule has 1 N–H and O–H groups in total. The molecule has 1 aromatic heterocycles. The standard InChI is InChI=1S/C14H19BrN4/c1-4-13-17-14(5-2)19(18-13)12-8-11(15)7-6-10(12)9-16-3/h6-8,16H,4-5,9H2,1-3H3. The van der Waals surface area contributed by atoms with Crippen LogP contribution in [0.25, 0.3) is 5.69 Å². The van der Waals surface area contributed by atoms with Crippen molar-refractivity contribution in [3.05, 3.63) is 39.9 Å². The van der Waals surface area contributed by atoms with Crippen molar-refractivity contribution in [2.75, 3.05) is 7.05 Å². The maximum Gasteiger partial charge on any atom is 0.151 e. The van der Waals surface area contributed by atoms with Crippen molar-refractivity contribution in [2.45, 2.75) is 33.2 Å². The number of hydrogen-bond donors (Lipinski definition) is 1. The van der Waals surface area contributed by atoms with E-state index in [9.17, 15) is 0 Å². The summed E-state index contributed by atoms with van der Waals surface area (Å²) in [5, 5.41) is 7.81. The van der Waals surface area contributed by atoms with Gasteiger partial charge in [0.1, 0.15) is 5.82 Å². The van der Waals surface area contributed by atoms with Gasteiger partial charge in [-0.3, -0.25) is 0 Å². The molecule has 0 atom stereocenters. The zero-order valence-electron chi connectivity index (χ0n) is 11.6. The Labute approximate surface area is 122 Å². The van der Waals surface area contributed by atoms with Gasteiger partial charge in [-0.25, -0.2) is 9.67 Å². The zero-order chi connectivity index (χ0) is 13.8. The second kappa shape index (κ2) is 6.30. The Morgan fingerprint density at radius 1 is 1.26 bits per heavy atom. The summed E-state index contributed by atoms with van der Waals surface area (Å²) >= 11 is 3.53. The Morgan fingerprint density at radius 2 is 2.05 bits per heavy atom. The van der Waals surface area contributed by atoms with Crippen LogP contribution in [0.2, 0.25) is 0 Å². The van der Waals surface area contributed by atoms with Crippen molar-refractivity contribution >= 4 is 15.9 Å². The molecule has 0 aliphatic rings. The second-order valence-electron chi connectivity index (χ2n) is 4.37. The lowest BCUT2D eigenvalue weighted by Gasteiger charge is -2.11. The van der Waals surface area contributed by atoms with E-state index in [2.05, 4.69) is 63.4 Å². The molecule has 0 aliphatic carbocycles. The number of nitrogens with one attached hydrogen (secondary N) is 1. The Morgan fingerprint density at radius 3 is 2.68 bits per heavy atom. The van der Waals surface area contributed by atoms with Gasteiger partial charge in [0.05, 0.1) is 5.69 Å². The molecule has 0 aliphatic heterocycles. The number of rotatable bonds is 5. The van der Waals surface area contributed by atoms with Crippen LogP contribution in [0.1, 0.15) is 31.1 Å². The van der Waals surface area contributed by atoms with E-state index in [1.54, 1.807) is 0 Å². The van der Waals surface area contributed by atoms with Crippen LogP contribution < -0.4 is 5.32 Å². The van der Waals surface area contributed by atoms with E-state index >= 15 is 0 Å². The van der Waals surface area contributed by atoms with Gasteiger partial charge in [0.25, 0.3) is 0 Å². The molecule has 4 nitrogen and oxygen atoms in total. The Hall–Kier alpha value is -1.20. The van der Waals surface area contributed by atoms with E-state index in [1.165, 1.54) is 5.56 Å². The number of benzene rings is 1. The zero-order valence-corrected chi connectivity index (χ0v) is 13.2. The molecule has 2 aromatic rings. The normalized spacial score (nSPS) is 10.9. The van der Waals surface area contributed by atoms with Gasteiger partial charge in [0.15, 0.2) is 5.82 Å². The van der Waals surface area contributed by atoms with Crippen LogP contribution in [0.15, 0.2) is 22.7 Å². The van der Waals surface area contributed by atoms with Crippen LogP contribution in [0.5, 0.6) is 0 Å². The van der Waals surface area contributed by atoms with Crippen LogP contribution in [0.3, 0.4) is 0 Å². The molecule has 0 fully saturated rings. The first-order valence-corrected chi connectivity index (χ1v) is 7.37. The van der Waals surface area contributed by atoms with Crippen LogP contribution >= 0.6 is 15.9 Å². The van der Waals surface area contributed by atoms with Crippen molar-refractivity contribution < 1.29 is 0 Å². The maximum absolute atomic E-state index is 4.61. The monoisotopic (exact) mass is 322 g/mol. The highest BCUT2D eigenvalue weighted by atomic mass is 79.9. The molecule has 2 rings (SSSR count). The van der Waals surface area contributed by atoms with Crippen LogP contribution in [-0.2, 0) is 19.4 Å². The second-order valence-corrected chi connectivity index (χ2v) is 5.28. The fourth-order valence-electron chi connectivity index (χ4n) is 2.04. The third kappa shape index (κ3) is 3.04. The van der Waals surface area contributed by atoms with Crippen molar-refractivity contribution in [1.29, 1.82) is 0 Å². The van der Waals surface area contributed by atoms with E-state index in [4.69, 9.17) is 0 Å². The Kier molecular flexibility index (Phi) is 4.71. The third-order valence-electron chi connectivity index (χ3n) is 2.99. The first kappa shape index (κ1) is 14.2. The summed E-state index contributed by atoms with van der Waals surface area (Å²) in [7, 11) is 1.95. The molecule has 0 saturated heterocycles. The predicted octanol–water partition coefficient (Wildman–Crippen LogP) is 2.87. The molecule has 0 amide bonds. The van der Waals surface area contributed by atoms with Gasteiger partial charge in [-0.2, -0.15) is 5.10 Å². The fourth-order valence-corrected chi connectivity index (χ4v) is 2.39. The van der Waals surface area contributed by atoms with Gasteiger partial charge in [-0.1, -0.05) is 35.8 Å². The minimum Gasteiger partial charge on any atom is -0.316 e. The largest absolute Gasteiger partial charge is 0.316 e. The van der Waals surface area contributed by atoms with Crippen molar-refractivity contribution in [3.63, 3.8) is 0 Å². The highest BCUT2D eigenvalue weighted by molar-refractivity contribution is 9.10. The van der Waals surface area contributed by atoms with Gasteiger partial charge in [-0.05, 0) is 24.7 Å². The summed E-state index contributed by atoms with van der Waals surface area (Å²) in [4.78, 5) is 4.57. The highest BCUT2D eigenvalue weighted by Crippen LogP contribution is 2.21. The van der Waals surface area contributed by atoms with Gasteiger partial charge >= 0.3 is 0 Å². The minimum atomic E-state index is 0.813. The van der Waals surface area contributed by atoms with Crippen molar-refractivity contribution in [2.24, 2.45) is 0 Å². The summed E-state index contributed by atoms with van der Waals surface area (Å²) in [5.41, 5.74) is 2.31. The van der Waals surface area contributed by atoms with Crippen LogP contribution in [-0.4, -0.2) is 21.8 Å². The van der Waals surface area contributed by atoms with Gasteiger partial charge in [0.2, 0.25) is 0 Å². The molecule has 19 heavy (non-hydrogen) atoms. The number of hydrogen-bond acceptors (Lipinski definition) is 3. The topological polar surface area (TPSA) is 42.7 Å². The molecule has 0 bridgehead atoms. The lowest BCUT2D eigenvalue weighted by Crippen LogP contribution is -2.11. The molecule has 0 unspecified atom stereocenters. The van der Waals surface area contributed by atoms with E-state index in [1.807, 2.05) is 11.7 Å². The van der Waals surface area contributed by atoms with E-state index in [-0.39, 0.29) is 0 Å². The first-order chi connectivity index (χ1) is 9.19. The number of halogens is 1. The summed E-state index contributed by atoms with van der Waals surface area (Å²) in [5.74, 6) is 1.90. The highest BCUT2D eigenvalue weighted by Gasteiger charge is 2.12. The molecular weight excluding hydrogens is 304 g/mol. The molecule has 5 heteroatoms. The molecule has 0 spiro atoms. The van der Waals surface area contributed by atoms with Gasteiger partial charge < -0.3 is 5.32 Å². The molecule has 102 valence electrons. The molecular formula is C14H19BrN4. The average molecular weight is 323 g/mol. The summed E-state index contributed by atoms with van der Waals surface area (Å²) in [6, 6.07) is 6.27. The summed E-state index contributed by atoms with van der Waals surface area (Å²) in [6.45, 7) is 5.00. The van der Waals surface area contributed by atoms with Gasteiger partial charge in [0, 0.05) is 23.9 Å². The lowest BCUT2D eigenvalue weighted by atomic mass is 10.1. The molecule has 1 aromatic carbocycles. The lowest BCUT2D eigenvalue weighted by molar-refractivity contribution is 0.755. The van der Waals surface area contributed by atoms with Gasteiger partial charge in [-0.15, -0.1) is 0 Å². The predicted molar refractivity (Wildman–Crippen MR) is 80.6 cm³/mol. The van der Waals surface area contributed by atoms with E-state index < -0.39 is 0 Å². The van der Waals surface area contributed by atoms with E-state index in [0.29, 0.717) is 0 Å². The first-order valence-electron chi connectivity index (χ1n) is 6.57. The SMILES string of the molecule is CCc1nc(CC)n(-c2cc(Br)ccc2CNC)n1. The third-order valence-corrected chi connectivity index (χ3v) is 3.49. The Bertz CT molecular complexity index is 563. The smallest absolute Gasteiger partial charge is 0.151 e. The van der Waals surface area contributed by atoms with Crippen LogP contribution in [0, 0.1) is 0 Å². The summed E-state index contributed by atoms with van der Waals surface area (Å²) in [6.07, 6.45) is 1.73. The van der Waals surface area contributed by atoms with E-state index in [0.717, 1.165) is 41.2 Å². The average Bonchev–Trinajstić information content (AvgIpc) is 2.84. The quantitative estimate of drug-likeness (QED) is 0.920. The Balaban J connectivity index is 2.56.